The summed E-state index contributed by atoms with van der Waals surface area (Å²) in [6.45, 7) is 0.251. The summed E-state index contributed by atoms with van der Waals surface area (Å²) in [7, 11) is 0. The van der Waals surface area contributed by atoms with E-state index in [2.05, 4.69) is 0 Å². The molecule has 2 atom stereocenters. The van der Waals surface area contributed by atoms with Crippen LogP contribution >= 0.6 is 0 Å². The number of hydrogen-bond donors (Lipinski definition) is 3. The Morgan fingerprint density at radius 2 is 2.06 bits per heavy atom. The molecule has 1 saturated heterocycles. The van der Waals surface area contributed by atoms with Crippen LogP contribution in [0.25, 0.3) is 0 Å². The maximum atomic E-state index is 13.1. The minimum Gasteiger partial charge on any atom is -0.508 e. The molecule has 1 aromatic rings. The number of rotatable bonds is 2. The van der Waals surface area contributed by atoms with Crippen LogP contribution < -0.4 is 0 Å². The molecule has 0 bridgehead atoms. The monoisotopic (exact) mass is 228 g/mol. The van der Waals surface area contributed by atoms with E-state index in [1.165, 1.54) is 0 Å². The molecule has 3 N–H and O–H groups in total. The predicted octanol–water partition coefficient (Wildman–Crippen LogP) is 1.10. The van der Waals surface area contributed by atoms with Gasteiger partial charge in [0.2, 0.25) is 0 Å². The number of phenolic OH excluding ortho intramolecular Hbond substituents is 2. The summed E-state index contributed by atoms with van der Waals surface area (Å²) >= 11 is 0. The number of benzene rings is 1. The fourth-order valence-corrected chi connectivity index (χ4v) is 1.94. The van der Waals surface area contributed by atoms with Crippen molar-refractivity contribution in [2.75, 3.05) is 13.2 Å². The van der Waals surface area contributed by atoms with Crippen molar-refractivity contribution in [2.24, 2.45) is 0 Å². The molecule has 1 aliphatic heterocycles. The van der Waals surface area contributed by atoms with Gasteiger partial charge in [-0.1, -0.05) is 0 Å². The maximum absolute atomic E-state index is 13.1. The highest BCUT2D eigenvalue weighted by Crippen LogP contribution is 2.37. The van der Waals surface area contributed by atoms with Crippen LogP contribution in [0.2, 0.25) is 0 Å². The minimum absolute atomic E-state index is 0.0855. The summed E-state index contributed by atoms with van der Waals surface area (Å²) in [6, 6.07) is 2.09. The summed E-state index contributed by atoms with van der Waals surface area (Å²) in [4.78, 5) is 0. The Labute approximate surface area is 91.9 Å². The number of aromatic hydroxyl groups is 2. The molecular formula is C11H13FO4. The predicted molar refractivity (Wildman–Crippen MR) is 53.9 cm³/mol. The van der Waals surface area contributed by atoms with E-state index in [-0.39, 0.29) is 24.4 Å². The van der Waals surface area contributed by atoms with Crippen molar-refractivity contribution in [1.29, 1.82) is 0 Å². The van der Waals surface area contributed by atoms with Gasteiger partial charge < -0.3 is 20.1 Å². The van der Waals surface area contributed by atoms with Crippen molar-refractivity contribution in [3.05, 3.63) is 23.5 Å². The van der Waals surface area contributed by atoms with Gasteiger partial charge in [-0.05, 0) is 12.5 Å². The van der Waals surface area contributed by atoms with E-state index in [9.17, 15) is 9.50 Å². The second-order valence-electron chi connectivity index (χ2n) is 3.93. The Morgan fingerprint density at radius 1 is 1.31 bits per heavy atom. The van der Waals surface area contributed by atoms with E-state index >= 15 is 0 Å². The molecule has 5 heteroatoms. The van der Waals surface area contributed by atoms with Gasteiger partial charge in [0.15, 0.2) is 11.6 Å². The van der Waals surface area contributed by atoms with Crippen LogP contribution in [0.1, 0.15) is 17.9 Å². The highest BCUT2D eigenvalue weighted by Gasteiger charge is 2.28. The lowest BCUT2D eigenvalue weighted by molar-refractivity contribution is 0.0584. The van der Waals surface area contributed by atoms with E-state index in [4.69, 9.17) is 14.9 Å². The number of aliphatic hydroxyl groups excluding tert-OH is 1. The molecule has 0 aromatic heterocycles. The lowest BCUT2D eigenvalue weighted by atomic mass is 9.95. The van der Waals surface area contributed by atoms with Gasteiger partial charge in [0.1, 0.15) is 5.75 Å². The van der Waals surface area contributed by atoms with Crippen molar-refractivity contribution >= 4 is 0 Å². The van der Waals surface area contributed by atoms with Gasteiger partial charge in [0, 0.05) is 17.5 Å². The number of aliphatic hydroxyl groups is 1. The van der Waals surface area contributed by atoms with Crippen molar-refractivity contribution < 1.29 is 24.4 Å². The maximum Gasteiger partial charge on any atom is 0.165 e. The average molecular weight is 228 g/mol. The molecule has 0 saturated carbocycles. The van der Waals surface area contributed by atoms with Gasteiger partial charge in [-0.15, -0.1) is 0 Å². The van der Waals surface area contributed by atoms with E-state index < -0.39 is 11.6 Å². The zero-order valence-electron chi connectivity index (χ0n) is 8.56. The van der Waals surface area contributed by atoms with Crippen molar-refractivity contribution in [2.45, 2.75) is 18.4 Å². The Hall–Kier alpha value is -1.33. The Bertz CT molecular complexity index is 394. The lowest BCUT2D eigenvalue weighted by Crippen LogP contribution is -2.09. The molecule has 88 valence electrons. The molecule has 16 heavy (non-hydrogen) atoms. The zero-order chi connectivity index (χ0) is 11.7. The topological polar surface area (TPSA) is 69.9 Å². The lowest BCUT2D eigenvalue weighted by Gasteiger charge is -2.11. The van der Waals surface area contributed by atoms with Crippen LogP contribution in [0.15, 0.2) is 12.1 Å². The fourth-order valence-electron chi connectivity index (χ4n) is 1.94. The number of phenols is 2. The van der Waals surface area contributed by atoms with Crippen LogP contribution in [0, 0.1) is 5.82 Å². The van der Waals surface area contributed by atoms with Crippen LogP contribution in [0.3, 0.4) is 0 Å². The van der Waals surface area contributed by atoms with Gasteiger partial charge in [0.25, 0.3) is 0 Å². The molecule has 0 radical (unpaired) electrons. The molecule has 1 heterocycles. The normalized spacial score (nSPS) is 24.9. The molecule has 0 spiro atoms. The smallest absolute Gasteiger partial charge is 0.165 e. The molecule has 4 nitrogen and oxygen atoms in total. The average Bonchev–Trinajstić information content (AvgIpc) is 2.71. The second-order valence-corrected chi connectivity index (χ2v) is 3.93. The molecular weight excluding hydrogens is 215 g/mol. The first-order valence-corrected chi connectivity index (χ1v) is 5.05. The summed E-state index contributed by atoms with van der Waals surface area (Å²) in [5, 5.41) is 27.5. The van der Waals surface area contributed by atoms with Crippen LogP contribution in [-0.4, -0.2) is 34.6 Å². The molecule has 1 aliphatic rings. The van der Waals surface area contributed by atoms with Gasteiger partial charge >= 0.3 is 0 Å². The Balaban J connectivity index is 2.24. The quantitative estimate of drug-likeness (QED) is 0.709. The third kappa shape index (κ3) is 1.96. The summed E-state index contributed by atoms with van der Waals surface area (Å²) in [6.07, 6.45) is 0.273. The summed E-state index contributed by atoms with van der Waals surface area (Å²) < 4.78 is 18.4. The Kier molecular flexibility index (Phi) is 2.98. The van der Waals surface area contributed by atoms with Crippen LogP contribution in [0.5, 0.6) is 11.5 Å². The first-order chi connectivity index (χ1) is 7.61. The zero-order valence-corrected chi connectivity index (χ0v) is 8.56. The third-order valence-electron chi connectivity index (χ3n) is 2.82. The van der Waals surface area contributed by atoms with Crippen molar-refractivity contribution in [3.8, 4) is 11.5 Å². The van der Waals surface area contributed by atoms with E-state index in [0.29, 0.717) is 18.6 Å². The largest absolute Gasteiger partial charge is 0.508 e. The molecule has 0 unspecified atom stereocenters. The van der Waals surface area contributed by atoms with E-state index in [1.54, 1.807) is 0 Å². The third-order valence-corrected chi connectivity index (χ3v) is 2.82. The SMILES string of the molecule is OC[C@H]1C[C@H](c2cc(F)c(O)cc2O)CO1. The van der Waals surface area contributed by atoms with Crippen LogP contribution in [0.4, 0.5) is 4.39 Å². The number of hydrogen-bond acceptors (Lipinski definition) is 4. The fraction of sp³-hybridized carbons (Fsp3) is 0.455. The molecule has 2 rings (SSSR count). The number of halogens is 1. The second kappa shape index (κ2) is 4.27. The number of ether oxygens (including phenoxy) is 1. The van der Waals surface area contributed by atoms with Gasteiger partial charge in [-0.2, -0.15) is 0 Å². The first kappa shape index (κ1) is 11.2. The van der Waals surface area contributed by atoms with E-state index in [1.807, 2.05) is 0 Å². The first-order valence-electron chi connectivity index (χ1n) is 5.05. The van der Waals surface area contributed by atoms with Gasteiger partial charge in [-0.3, -0.25) is 0 Å². The van der Waals surface area contributed by atoms with Gasteiger partial charge in [0.05, 0.1) is 19.3 Å². The van der Waals surface area contributed by atoms with Crippen molar-refractivity contribution in [1.82, 2.24) is 0 Å². The highest BCUT2D eigenvalue weighted by molar-refractivity contribution is 5.42. The Morgan fingerprint density at radius 3 is 2.69 bits per heavy atom. The molecule has 1 aromatic carbocycles. The highest BCUT2D eigenvalue weighted by atomic mass is 19.1. The molecule has 0 amide bonds. The van der Waals surface area contributed by atoms with Crippen molar-refractivity contribution in [3.63, 3.8) is 0 Å². The molecule has 0 aliphatic carbocycles. The minimum atomic E-state index is -0.764. The standard InChI is InChI=1S/C11H13FO4/c12-9-2-8(10(14)3-11(9)15)6-1-7(4-13)16-5-6/h2-3,6-7,13-15H,1,4-5H2/t6-,7+/m0/s1. The van der Waals surface area contributed by atoms with Gasteiger partial charge in [-0.25, -0.2) is 4.39 Å². The summed E-state index contributed by atoms with van der Waals surface area (Å²) in [5.74, 6) is -1.63. The summed E-state index contributed by atoms with van der Waals surface area (Å²) in [5.41, 5.74) is 0.409. The van der Waals surface area contributed by atoms with Crippen LogP contribution in [-0.2, 0) is 4.74 Å². The molecule has 1 fully saturated rings. The van der Waals surface area contributed by atoms with E-state index in [0.717, 1.165) is 12.1 Å².